The Hall–Kier alpha value is -0.610. The second kappa shape index (κ2) is 6.66. The van der Waals surface area contributed by atoms with Gasteiger partial charge in [-0.15, -0.1) is 0 Å². The third-order valence-electron chi connectivity index (χ3n) is 4.71. The maximum Gasteiger partial charge on any atom is 0.325 e. The highest BCUT2D eigenvalue weighted by molar-refractivity contribution is 5.80. The standard InChI is InChI=1S/C17H32N2O2/c1-12(2)9-10-19(15-7-8-15)11-17(16(20)21,14-5-6-14)18-13(3)4/h12-15,18H,5-11H2,1-4H3,(H,20,21). The molecule has 0 aromatic carbocycles. The van der Waals surface area contributed by atoms with Gasteiger partial charge in [-0.05, 0) is 64.3 Å². The normalized spacial score (nSPS) is 22.0. The van der Waals surface area contributed by atoms with Crippen LogP contribution in [0.5, 0.6) is 0 Å². The molecule has 1 unspecified atom stereocenters. The Bertz CT molecular complexity index is 362. The monoisotopic (exact) mass is 296 g/mol. The lowest BCUT2D eigenvalue weighted by Gasteiger charge is -2.38. The molecule has 0 aromatic heterocycles. The summed E-state index contributed by atoms with van der Waals surface area (Å²) in [7, 11) is 0. The molecule has 1 atom stereocenters. The molecule has 4 nitrogen and oxygen atoms in total. The number of hydrogen-bond donors (Lipinski definition) is 2. The SMILES string of the molecule is CC(C)CCN(CC(NC(C)C)(C(=O)O)C1CC1)C1CC1. The fourth-order valence-electron chi connectivity index (χ4n) is 3.26. The second-order valence-corrected chi connectivity index (χ2v) is 7.73. The van der Waals surface area contributed by atoms with E-state index in [0.717, 1.165) is 25.8 Å². The fourth-order valence-corrected chi connectivity index (χ4v) is 3.26. The van der Waals surface area contributed by atoms with Crippen LogP contribution in [0.1, 0.15) is 59.8 Å². The number of carbonyl (C=O) groups is 1. The van der Waals surface area contributed by atoms with Crippen LogP contribution in [0.25, 0.3) is 0 Å². The van der Waals surface area contributed by atoms with Gasteiger partial charge in [0.2, 0.25) is 0 Å². The lowest BCUT2D eigenvalue weighted by atomic mass is 9.91. The first kappa shape index (κ1) is 16.8. The molecule has 0 bridgehead atoms. The maximum atomic E-state index is 12.1. The summed E-state index contributed by atoms with van der Waals surface area (Å²) in [6.45, 7) is 10.3. The average Bonchev–Trinajstić information content (AvgIpc) is 3.25. The summed E-state index contributed by atoms with van der Waals surface area (Å²) < 4.78 is 0. The highest BCUT2D eigenvalue weighted by Gasteiger charge is 2.53. The van der Waals surface area contributed by atoms with Crippen LogP contribution in [0.4, 0.5) is 0 Å². The highest BCUT2D eigenvalue weighted by Crippen LogP contribution is 2.42. The van der Waals surface area contributed by atoms with Crippen molar-refractivity contribution >= 4 is 5.97 Å². The molecule has 2 rings (SSSR count). The van der Waals surface area contributed by atoms with Gasteiger partial charge in [-0.1, -0.05) is 13.8 Å². The topological polar surface area (TPSA) is 52.6 Å². The van der Waals surface area contributed by atoms with Crippen molar-refractivity contribution in [2.75, 3.05) is 13.1 Å². The first-order valence-electron chi connectivity index (χ1n) is 8.60. The molecule has 0 spiro atoms. The summed E-state index contributed by atoms with van der Waals surface area (Å²) in [6, 6.07) is 0.822. The zero-order valence-electron chi connectivity index (χ0n) is 14.1. The Morgan fingerprint density at radius 3 is 2.24 bits per heavy atom. The van der Waals surface area contributed by atoms with Crippen LogP contribution >= 0.6 is 0 Å². The summed E-state index contributed by atoms with van der Waals surface area (Å²) in [4.78, 5) is 14.5. The molecule has 122 valence electrons. The highest BCUT2D eigenvalue weighted by atomic mass is 16.4. The van der Waals surface area contributed by atoms with E-state index in [-0.39, 0.29) is 6.04 Å². The van der Waals surface area contributed by atoms with Crippen molar-refractivity contribution in [2.24, 2.45) is 11.8 Å². The van der Waals surface area contributed by atoms with Crippen molar-refractivity contribution in [3.05, 3.63) is 0 Å². The van der Waals surface area contributed by atoms with Gasteiger partial charge in [0, 0.05) is 18.6 Å². The molecule has 2 aliphatic rings. The van der Waals surface area contributed by atoms with Crippen LogP contribution in [-0.4, -0.2) is 46.7 Å². The van der Waals surface area contributed by atoms with Crippen molar-refractivity contribution in [2.45, 2.75) is 77.4 Å². The van der Waals surface area contributed by atoms with E-state index < -0.39 is 11.5 Å². The molecule has 0 aromatic rings. The summed E-state index contributed by atoms with van der Waals surface area (Å²) >= 11 is 0. The molecular formula is C17H32N2O2. The molecule has 2 fully saturated rings. The van der Waals surface area contributed by atoms with Crippen molar-refractivity contribution in [3.8, 4) is 0 Å². The predicted molar refractivity (Wildman–Crippen MR) is 85.4 cm³/mol. The minimum Gasteiger partial charge on any atom is -0.480 e. The third kappa shape index (κ3) is 4.43. The Kier molecular flexibility index (Phi) is 5.31. The Morgan fingerprint density at radius 2 is 1.86 bits per heavy atom. The van der Waals surface area contributed by atoms with Crippen LogP contribution in [0.3, 0.4) is 0 Å². The number of carboxylic acids is 1. The van der Waals surface area contributed by atoms with Gasteiger partial charge >= 0.3 is 5.97 Å². The number of rotatable bonds is 10. The summed E-state index contributed by atoms with van der Waals surface area (Å²) in [5.41, 5.74) is -0.742. The molecule has 2 aliphatic carbocycles. The number of hydrogen-bond acceptors (Lipinski definition) is 3. The second-order valence-electron chi connectivity index (χ2n) is 7.73. The van der Waals surface area contributed by atoms with E-state index in [1.807, 2.05) is 0 Å². The zero-order chi connectivity index (χ0) is 15.6. The summed E-state index contributed by atoms with van der Waals surface area (Å²) in [6.07, 6.45) is 5.72. The van der Waals surface area contributed by atoms with Crippen molar-refractivity contribution in [3.63, 3.8) is 0 Å². The Labute approximate surface area is 129 Å². The minimum atomic E-state index is -0.742. The lowest BCUT2D eigenvalue weighted by Crippen LogP contribution is -2.63. The van der Waals surface area contributed by atoms with Gasteiger partial charge in [0.25, 0.3) is 0 Å². The third-order valence-corrected chi connectivity index (χ3v) is 4.71. The maximum absolute atomic E-state index is 12.1. The average molecular weight is 296 g/mol. The van der Waals surface area contributed by atoms with E-state index in [4.69, 9.17) is 0 Å². The minimum absolute atomic E-state index is 0.202. The van der Waals surface area contributed by atoms with E-state index in [1.54, 1.807) is 0 Å². The van der Waals surface area contributed by atoms with Gasteiger partial charge in [-0.25, -0.2) is 0 Å². The largest absolute Gasteiger partial charge is 0.480 e. The number of carboxylic acid groups (broad SMARTS) is 1. The first-order valence-corrected chi connectivity index (χ1v) is 8.60. The molecule has 0 saturated heterocycles. The van der Waals surface area contributed by atoms with Crippen molar-refractivity contribution in [1.29, 1.82) is 0 Å². The number of nitrogens with one attached hydrogen (secondary N) is 1. The Morgan fingerprint density at radius 1 is 1.24 bits per heavy atom. The van der Waals surface area contributed by atoms with E-state index in [2.05, 4.69) is 37.9 Å². The van der Waals surface area contributed by atoms with Gasteiger partial charge in [0.15, 0.2) is 0 Å². The molecular weight excluding hydrogens is 264 g/mol. The molecule has 2 saturated carbocycles. The van der Waals surface area contributed by atoms with Gasteiger partial charge in [-0.3, -0.25) is 15.0 Å². The van der Waals surface area contributed by atoms with Crippen LogP contribution in [0.15, 0.2) is 0 Å². The molecule has 0 radical (unpaired) electrons. The van der Waals surface area contributed by atoms with Crippen molar-refractivity contribution < 1.29 is 9.90 Å². The van der Waals surface area contributed by atoms with E-state index >= 15 is 0 Å². The molecule has 0 heterocycles. The van der Waals surface area contributed by atoms with Gasteiger partial charge in [-0.2, -0.15) is 0 Å². The van der Waals surface area contributed by atoms with Gasteiger partial charge in [0.05, 0.1) is 0 Å². The van der Waals surface area contributed by atoms with Crippen LogP contribution in [0.2, 0.25) is 0 Å². The predicted octanol–water partition coefficient (Wildman–Crippen LogP) is 2.73. The summed E-state index contributed by atoms with van der Waals surface area (Å²) in [5.74, 6) is 0.316. The van der Waals surface area contributed by atoms with Gasteiger partial charge in [0.1, 0.15) is 5.54 Å². The molecule has 0 aliphatic heterocycles. The summed E-state index contributed by atoms with van der Waals surface area (Å²) in [5, 5.41) is 13.3. The molecule has 4 heteroatoms. The van der Waals surface area contributed by atoms with Crippen LogP contribution < -0.4 is 5.32 Å². The van der Waals surface area contributed by atoms with E-state index in [9.17, 15) is 9.90 Å². The van der Waals surface area contributed by atoms with Crippen LogP contribution in [-0.2, 0) is 4.79 Å². The Balaban J connectivity index is 2.09. The van der Waals surface area contributed by atoms with E-state index in [0.29, 0.717) is 24.4 Å². The molecule has 21 heavy (non-hydrogen) atoms. The number of nitrogens with zero attached hydrogens (tertiary/aromatic N) is 1. The first-order chi connectivity index (χ1) is 9.85. The zero-order valence-corrected chi connectivity index (χ0v) is 14.1. The van der Waals surface area contributed by atoms with Crippen LogP contribution in [0, 0.1) is 11.8 Å². The fraction of sp³-hybridized carbons (Fsp3) is 0.941. The lowest BCUT2D eigenvalue weighted by molar-refractivity contribution is -0.147. The quantitative estimate of drug-likeness (QED) is 0.651. The molecule has 2 N–H and O–H groups in total. The smallest absolute Gasteiger partial charge is 0.325 e. The van der Waals surface area contributed by atoms with E-state index in [1.165, 1.54) is 12.8 Å². The van der Waals surface area contributed by atoms with Gasteiger partial charge < -0.3 is 5.11 Å². The molecule has 0 amide bonds. The van der Waals surface area contributed by atoms with Crippen molar-refractivity contribution in [1.82, 2.24) is 10.2 Å². The number of aliphatic carboxylic acids is 1.